The van der Waals surface area contributed by atoms with E-state index < -0.39 is 0 Å². The molecule has 1 amide bonds. The molecule has 37 heavy (non-hydrogen) atoms. The molecule has 0 atom stereocenters. The number of anilines is 1. The van der Waals surface area contributed by atoms with Crippen LogP contribution in [-0.4, -0.2) is 47.3 Å². The summed E-state index contributed by atoms with van der Waals surface area (Å²) in [6, 6.07) is 17.7. The molecule has 0 unspecified atom stereocenters. The van der Waals surface area contributed by atoms with Crippen LogP contribution in [0.4, 0.5) is 5.69 Å². The van der Waals surface area contributed by atoms with Gasteiger partial charge in [0.15, 0.2) is 17.3 Å². The van der Waals surface area contributed by atoms with E-state index in [9.17, 15) is 4.79 Å². The normalized spacial score (nSPS) is 12.0. The predicted octanol–water partition coefficient (Wildman–Crippen LogP) is 5.64. The van der Waals surface area contributed by atoms with Gasteiger partial charge in [-0.3, -0.25) is 4.79 Å². The van der Waals surface area contributed by atoms with Gasteiger partial charge in [-0.2, -0.15) is 4.98 Å². The molecule has 0 fully saturated rings. The lowest BCUT2D eigenvalue weighted by molar-refractivity contribution is 0.102. The second-order valence-electron chi connectivity index (χ2n) is 7.87. The highest BCUT2D eigenvalue weighted by Gasteiger charge is 2.19. The van der Waals surface area contributed by atoms with Crippen LogP contribution in [0.1, 0.15) is 17.3 Å². The number of benzene rings is 3. The van der Waals surface area contributed by atoms with Crippen LogP contribution in [0.3, 0.4) is 0 Å². The van der Waals surface area contributed by atoms with Crippen molar-refractivity contribution in [1.29, 1.82) is 0 Å². The number of hydrogen-bond acceptors (Lipinski definition) is 7. The number of hydrogen-bond donors (Lipinski definition) is 1. The standard InChI is InChI=1S/C26H22Cl2N4O5/c1-2-34-11-12-35-26-30-24(16-4-10-22-23(14-16)37-15-36-22)32(31-26)19-7-5-18(6-8-19)29-25(33)17-3-9-20(27)21(28)13-17/h3-10,13-14H,2,11-12,15H2,1H3,(H,29,33). The number of aromatic nitrogens is 3. The topological polar surface area (TPSA) is 96.7 Å². The van der Waals surface area contributed by atoms with Crippen molar-refractivity contribution in [2.45, 2.75) is 6.92 Å². The van der Waals surface area contributed by atoms with Crippen molar-refractivity contribution in [3.05, 3.63) is 76.3 Å². The van der Waals surface area contributed by atoms with Crippen molar-refractivity contribution >= 4 is 34.8 Å². The number of halogens is 2. The van der Waals surface area contributed by atoms with Crippen LogP contribution >= 0.6 is 23.2 Å². The van der Waals surface area contributed by atoms with Crippen LogP contribution in [0.2, 0.25) is 10.0 Å². The van der Waals surface area contributed by atoms with Gasteiger partial charge < -0.3 is 24.3 Å². The van der Waals surface area contributed by atoms with E-state index in [0.29, 0.717) is 64.1 Å². The van der Waals surface area contributed by atoms with E-state index in [-0.39, 0.29) is 18.7 Å². The first-order valence-electron chi connectivity index (χ1n) is 11.5. The quantitative estimate of drug-likeness (QED) is 0.274. The number of nitrogens with one attached hydrogen (secondary N) is 1. The van der Waals surface area contributed by atoms with Crippen molar-refractivity contribution in [3.8, 4) is 34.6 Å². The maximum absolute atomic E-state index is 12.6. The molecule has 0 saturated heterocycles. The lowest BCUT2D eigenvalue weighted by atomic mass is 10.2. The molecule has 190 valence electrons. The van der Waals surface area contributed by atoms with Gasteiger partial charge in [-0.25, -0.2) is 4.68 Å². The van der Waals surface area contributed by atoms with Crippen LogP contribution in [0.15, 0.2) is 60.7 Å². The fourth-order valence-electron chi connectivity index (χ4n) is 3.62. The van der Waals surface area contributed by atoms with Crippen LogP contribution in [-0.2, 0) is 4.74 Å². The summed E-state index contributed by atoms with van der Waals surface area (Å²) >= 11 is 12.0. The van der Waals surface area contributed by atoms with Crippen LogP contribution in [0.5, 0.6) is 17.5 Å². The third-order valence-corrected chi connectivity index (χ3v) is 6.17. The maximum atomic E-state index is 12.6. The first-order chi connectivity index (χ1) is 18.0. The summed E-state index contributed by atoms with van der Waals surface area (Å²) in [4.78, 5) is 17.2. The molecular weight excluding hydrogens is 519 g/mol. The summed E-state index contributed by atoms with van der Waals surface area (Å²) in [7, 11) is 0. The Morgan fingerprint density at radius 1 is 1.00 bits per heavy atom. The zero-order valence-electron chi connectivity index (χ0n) is 19.7. The van der Waals surface area contributed by atoms with E-state index in [4.69, 9.17) is 42.1 Å². The Hall–Kier alpha value is -3.79. The summed E-state index contributed by atoms with van der Waals surface area (Å²) in [6.07, 6.45) is 0. The SMILES string of the molecule is CCOCCOc1nc(-c2ccc3c(c2)OCO3)n(-c2ccc(NC(=O)c3ccc(Cl)c(Cl)c3)cc2)n1. The molecule has 0 spiro atoms. The van der Waals surface area contributed by atoms with Crippen molar-refractivity contribution in [2.24, 2.45) is 0 Å². The van der Waals surface area contributed by atoms with Gasteiger partial charge in [0.2, 0.25) is 6.79 Å². The lowest BCUT2D eigenvalue weighted by Crippen LogP contribution is -2.12. The van der Waals surface area contributed by atoms with Gasteiger partial charge >= 0.3 is 6.01 Å². The summed E-state index contributed by atoms with van der Waals surface area (Å²) in [5.74, 6) is 1.55. The first kappa shape index (κ1) is 24.9. The summed E-state index contributed by atoms with van der Waals surface area (Å²) < 4.78 is 23.7. The Balaban J connectivity index is 1.40. The predicted molar refractivity (Wildman–Crippen MR) is 139 cm³/mol. The van der Waals surface area contributed by atoms with Gasteiger partial charge in [-0.1, -0.05) is 23.2 Å². The van der Waals surface area contributed by atoms with Gasteiger partial charge in [0.25, 0.3) is 5.91 Å². The van der Waals surface area contributed by atoms with E-state index in [0.717, 1.165) is 5.56 Å². The van der Waals surface area contributed by atoms with E-state index >= 15 is 0 Å². The number of carbonyl (C=O) groups excluding carboxylic acids is 1. The molecule has 4 aromatic rings. The van der Waals surface area contributed by atoms with Crippen LogP contribution in [0.25, 0.3) is 17.1 Å². The molecule has 0 bridgehead atoms. The maximum Gasteiger partial charge on any atom is 0.336 e. The zero-order valence-corrected chi connectivity index (χ0v) is 21.3. The Morgan fingerprint density at radius 3 is 2.59 bits per heavy atom. The highest BCUT2D eigenvalue weighted by molar-refractivity contribution is 6.42. The summed E-state index contributed by atoms with van der Waals surface area (Å²) in [6.45, 7) is 3.44. The summed E-state index contributed by atoms with van der Waals surface area (Å²) in [5, 5.41) is 8.09. The largest absolute Gasteiger partial charge is 0.460 e. The number of nitrogens with zero attached hydrogens (tertiary/aromatic N) is 3. The molecule has 0 aliphatic carbocycles. The molecule has 11 heteroatoms. The van der Waals surface area contributed by atoms with E-state index in [1.165, 1.54) is 6.07 Å². The Kier molecular flexibility index (Phi) is 7.45. The number of fused-ring (bicyclic) bond motifs is 1. The molecule has 0 saturated carbocycles. The molecule has 5 rings (SSSR count). The molecule has 1 aliphatic heterocycles. The fourth-order valence-corrected chi connectivity index (χ4v) is 3.92. The molecule has 9 nitrogen and oxygen atoms in total. The van der Waals surface area contributed by atoms with Gasteiger partial charge in [0, 0.05) is 23.4 Å². The number of carbonyl (C=O) groups is 1. The number of rotatable bonds is 9. The molecule has 1 N–H and O–H groups in total. The molecular formula is C26H22Cl2N4O5. The van der Waals surface area contributed by atoms with Crippen molar-refractivity contribution < 1.29 is 23.7 Å². The van der Waals surface area contributed by atoms with Crippen molar-refractivity contribution in [1.82, 2.24) is 14.8 Å². The average molecular weight is 541 g/mol. The Bertz CT molecular complexity index is 1430. The van der Waals surface area contributed by atoms with Gasteiger partial charge in [0.1, 0.15) is 6.61 Å². The molecule has 0 radical (unpaired) electrons. The monoisotopic (exact) mass is 540 g/mol. The van der Waals surface area contributed by atoms with Crippen LogP contribution < -0.4 is 19.5 Å². The first-order valence-corrected chi connectivity index (χ1v) is 12.2. The number of amides is 1. The van der Waals surface area contributed by atoms with E-state index in [2.05, 4.69) is 15.4 Å². The third-order valence-electron chi connectivity index (χ3n) is 5.43. The number of ether oxygens (including phenoxy) is 4. The molecule has 3 aromatic carbocycles. The lowest BCUT2D eigenvalue weighted by Gasteiger charge is -2.09. The van der Waals surface area contributed by atoms with Crippen LogP contribution in [0, 0.1) is 0 Å². The van der Waals surface area contributed by atoms with Crippen molar-refractivity contribution in [3.63, 3.8) is 0 Å². The van der Waals surface area contributed by atoms with E-state index in [1.54, 1.807) is 28.9 Å². The Labute approximate surface area is 222 Å². The average Bonchev–Trinajstić information content (AvgIpc) is 3.55. The highest BCUT2D eigenvalue weighted by atomic mass is 35.5. The highest BCUT2D eigenvalue weighted by Crippen LogP contribution is 2.36. The third kappa shape index (κ3) is 5.64. The minimum Gasteiger partial charge on any atom is -0.460 e. The molecule has 1 aromatic heterocycles. The second kappa shape index (κ2) is 11.1. The van der Waals surface area contributed by atoms with Gasteiger partial charge in [-0.15, -0.1) is 5.10 Å². The zero-order chi connectivity index (χ0) is 25.8. The second-order valence-corrected chi connectivity index (χ2v) is 8.69. The smallest absolute Gasteiger partial charge is 0.336 e. The molecule has 1 aliphatic rings. The molecule has 2 heterocycles. The Morgan fingerprint density at radius 2 is 1.81 bits per heavy atom. The minimum absolute atomic E-state index is 0.173. The van der Waals surface area contributed by atoms with Gasteiger partial charge in [0.05, 0.1) is 22.3 Å². The minimum atomic E-state index is -0.307. The fraction of sp³-hybridized carbons (Fsp3) is 0.192. The summed E-state index contributed by atoms with van der Waals surface area (Å²) in [5.41, 5.74) is 2.48. The van der Waals surface area contributed by atoms with Crippen molar-refractivity contribution in [2.75, 3.05) is 31.9 Å². The van der Waals surface area contributed by atoms with Gasteiger partial charge in [-0.05, 0) is 67.6 Å². The van der Waals surface area contributed by atoms with E-state index in [1.807, 2.05) is 37.3 Å².